The molecule has 5 nitrogen and oxygen atoms in total. The van der Waals surface area contributed by atoms with E-state index in [4.69, 9.17) is 4.74 Å². The zero-order valence-corrected chi connectivity index (χ0v) is 17.1. The molecule has 0 spiro atoms. The molecular formula is C23H22N2O3S. The van der Waals surface area contributed by atoms with Gasteiger partial charge in [0, 0.05) is 17.5 Å². The van der Waals surface area contributed by atoms with Crippen LogP contribution >= 0.6 is 11.8 Å². The fraction of sp³-hybridized carbons (Fsp3) is 0.130. The highest BCUT2D eigenvalue weighted by Gasteiger charge is 2.09. The second kappa shape index (κ2) is 9.80. The number of nitrogens with one attached hydrogen (secondary N) is 2. The van der Waals surface area contributed by atoms with Gasteiger partial charge in [0.05, 0.1) is 11.4 Å². The number of amides is 2. The number of para-hydroxylation sites is 2. The van der Waals surface area contributed by atoms with Crippen molar-refractivity contribution in [2.45, 2.75) is 18.7 Å². The molecule has 0 saturated heterocycles. The predicted octanol–water partition coefficient (Wildman–Crippen LogP) is 5.48. The molecule has 0 aromatic heterocycles. The number of hydrogen-bond acceptors (Lipinski definition) is 4. The fourth-order valence-corrected chi connectivity index (χ4v) is 3.26. The van der Waals surface area contributed by atoms with Gasteiger partial charge in [-0.2, -0.15) is 0 Å². The molecular weight excluding hydrogens is 384 g/mol. The van der Waals surface area contributed by atoms with Gasteiger partial charge in [-0.3, -0.25) is 9.59 Å². The Morgan fingerprint density at radius 1 is 0.897 bits per heavy atom. The van der Waals surface area contributed by atoms with Crippen LogP contribution in [-0.4, -0.2) is 17.6 Å². The fourth-order valence-electron chi connectivity index (χ4n) is 2.57. The second-order valence-electron chi connectivity index (χ2n) is 6.45. The van der Waals surface area contributed by atoms with E-state index < -0.39 is 0 Å². The lowest BCUT2D eigenvalue weighted by atomic mass is 10.2. The van der Waals surface area contributed by atoms with Gasteiger partial charge < -0.3 is 15.4 Å². The number of benzene rings is 3. The van der Waals surface area contributed by atoms with E-state index in [0.717, 1.165) is 16.1 Å². The van der Waals surface area contributed by atoms with E-state index in [1.165, 1.54) is 18.7 Å². The van der Waals surface area contributed by atoms with Crippen LogP contribution in [0, 0.1) is 6.92 Å². The first-order valence-corrected chi connectivity index (χ1v) is 10.1. The molecule has 3 aromatic carbocycles. The molecule has 148 valence electrons. The van der Waals surface area contributed by atoms with Gasteiger partial charge in [-0.15, -0.1) is 11.8 Å². The van der Waals surface area contributed by atoms with Crippen molar-refractivity contribution in [1.29, 1.82) is 0 Å². The second-order valence-corrected chi connectivity index (χ2v) is 7.50. The summed E-state index contributed by atoms with van der Waals surface area (Å²) in [4.78, 5) is 24.4. The summed E-state index contributed by atoms with van der Waals surface area (Å²) >= 11 is 1.42. The van der Waals surface area contributed by atoms with Crippen LogP contribution in [0.5, 0.6) is 11.5 Å². The third kappa shape index (κ3) is 6.40. The summed E-state index contributed by atoms with van der Waals surface area (Å²) in [5.74, 6) is 1.33. The van der Waals surface area contributed by atoms with Crippen molar-refractivity contribution in [3.05, 3.63) is 78.4 Å². The first-order valence-electron chi connectivity index (χ1n) is 9.13. The minimum absolute atomic E-state index is 0.115. The molecule has 0 heterocycles. The number of anilines is 2. The molecule has 2 amide bonds. The number of hydrogen-bond donors (Lipinski definition) is 2. The molecule has 0 aliphatic carbocycles. The Bertz CT molecular complexity index is 986. The normalized spacial score (nSPS) is 10.3. The molecule has 0 aliphatic heterocycles. The molecule has 3 aromatic rings. The number of thioether (sulfide) groups is 1. The smallest absolute Gasteiger partial charge is 0.234 e. The third-order valence-electron chi connectivity index (χ3n) is 3.95. The van der Waals surface area contributed by atoms with Crippen LogP contribution in [-0.2, 0) is 9.59 Å². The standard InChI is InChI=1S/C23H22N2O3S/c1-16-7-11-19(12-8-16)28-22-6-4-3-5-21(22)25-23(27)15-29-20-13-9-18(10-14-20)24-17(2)26/h3-14H,15H2,1-2H3,(H,24,26)(H,25,27). The zero-order valence-electron chi connectivity index (χ0n) is 16.3. The average molecular weight is 407 g/mol. The summed E-state index contributed by atoms with van der Waals surface area (Å²) in [7, 11) is 0. The lowest BCUT2D eigenvalue weighted by Crippen LogP contribution is -2.14. The summed E-state index contributed by atoms with van der Waals surface area (Å²) in [5.41, 5.74) is 2.51. The Morgan fingerprint density at radius 3 is 2.28 bits per heavy atom. The molecule has 6 heteroatoms. The summed E-state index contributed by atoms with van der Waals surface area (Å²) in [5, 5.41) is 5.63. The highest BCUT2D eigenvalue weighted by Crippen LogP contribution is 2.30. The van der Waals surface area contributed by atoms with E-state index in [1.807, 2.05) is 79.7 Å². The quantitative estimate of drug-likeness (QED) is 0.510. The first-order chi connectivity index (χ1) is 14.0. The Kier molecular flexibility index (Phi) is 6.92. The summed E-state index contributed by atoms with van der Waals surface area (Å²) in [6, 6.07) is 22.5. The summed E-state index contributed by atoms with van der Waals surface area (Å²) in [6.07, 6.45) is 0. The van der Waals surface area contributed by atoms with Crippen LogP contribution in [0.4, 0.5) is 11.4 Å². The topological polar surface area (TPSA) is 67.4 Å². The lowest BCUT2D eigenvalue weighted by Gasteiger charge is -2.12. The number of ether oxygens (including phenoxy) is 1. The highest BCUT2D eigenvalue weighted by atomic mass is 32.2. The van der Waals surface area contributed by atoms with Crippen molar-refractivity contribution in [2.75, 3.05) is 16.4 Å². The van der Waals surface area contributed by atoms with E-state index >= 15 is 0 Å². The van der Waals surface area contributed by atoms with Crippen molar-refractivity contribution in [2.24, 2.45) is 0 Å². The summed E-state index contributed by atoms with van der Waals surface area (Å²) < 4.78 is 5.92. The molecule has 2 N–H and O–H groups in total. The SMILES string of the molecule is CC(=O)Nc1ccc(SCC(=O)Nc2ccccc2Oc2ccc(C)cc2)cc1. The Balaban J connectivity index is 1.58. The Labute approximate surface area is 174 Å². The van der Waals surface area contributed by atoms with Crippen molar-refractivity contribution in [1.82, 2.24) is 0 Å². The maximum atomic E-state index is 12.4. The highest BCUT2D eigenvalue weighted by molar-refractivity contribution is 8.00. The van der Waals surface area contributed by atoms with E-state index in [1.54, 1.807) is 0 Å². The maximum absolute atomic E-state index is 12.4. The van der Waals surface area contributed by atoms with Crippen LogP contribution in [0.3, 0.4) is 0 Å². The number of rotatable bonds is 7. The van der Waals surface area contributed by atoms with Gasteiger partial charge in [-0.05, 0) is 55.5 Å². The van der Waals surface area contributed by atoms with Gasteiger partial charge in [0.25, 0.3) is 0 Å². The molecule has 0 saturated carbocycles. The lowest BCUT2D eigenvalue weighted by molar-refractivity contribution is -0.114. The van der Waals surface area contributed by atoms with Gasteiger partial charge in [0.15, 0.2) is 5.75 Å². The largest absolute Gasteiger partial charge is 0.455 e. The minimum atomic E-state index is -0.124. The summed E-state index contributed by atoms with van der Waals surface area (Å²) in [6.45, 7) is 3.48. The molecule has 3 rings (SSSR count). The van der Waals surface area contributed by atoms with Gasteiger partial charge in [-0.25, -0.2) is 0 Å². The molecule has 29 heavy (non-hydrogen) atoms. The molecule has 0 unspecified atom stereocenters. The molecule has 0 atom stereocenters. The van der Waals surface area contributed by atoms with Crippen LogP contribution in [0.25, 0.3) is 0 Å². The average Bonchev–Trinajstić information content (AvgIpc) is 2.70. The van der Waals surface area contributed by atoms with Crippen molar-refractivity contribution in [3.8, 4) is 11.5 Å². The van der Waals surface area contributed by atoms with Gasteiger partial charge in [0.1, 0.15) is 5.75 Å². The van der Waals surface area contributed by atoms with Crippen molar-refractivity contribution in [3.63, 3.8) is 0 Å². The number of aryl methyl sites for hydroxylation is 1. The van der Waals surface area contributed by atoms with E-state index in [2.05, 4.69) is 10.6 Å². The Hall–Kier alpha value is -3.25. The number of carbonyl (C=O) groups excluding carboxylic acids is 2. The monoisotopic (exact) mass is 406 g/mol. The van der Waals surface area contributed by atoms with Gasteiger partial charge >= 0.3 is 0 Å². The van der Waals surface area contributed by atoms with Crippen molar-refractivity contribution >= 4 is 35.0 Å². The van der Waals surface area contributed by atoms with Crippen molar-refractivity contribution < 1.29 is 14.3 Å². The number of carbonyl (C=O) groups is 2. The van der Waals surface area contributed by atoms with Crippen LogP contribution in [0.15, 0.2) is 77.7 Å². The van der Waals surface area contributed by atoms with E-state index in [-0.39, 0.29) is 17.6 Å². The van der Waals surface area contributed by atoms with Crippen LogP contribution in [0.2, 0.25) is 0 Å². The third-order valence-corrected chi connectivity index (χ3v) is 4.97. The first kappa shape index (κ1) is 20.5. The van der Waals surface area contributed by atoms with E-state index in [9.17, 15) is 9.59 Å². The molecule has 0 radical (unpaired) electrons. The molecule has 0 fully saturated rings. The molecule has 0 bridgehead atoms. The van der Waals surface area contributed by atoms with Crippen LogP contribution in [0.1, 0.15) is 12.5 Å². The Morgan fingerprint density at radius 2 is 1.59 bits per heavy atom. The zero-order chi connectivity index (χ0) is 20.6. The van der Waals surface area contributed by atoms with Crippen LogP contribution < -0.4 is 15.4 Å². The van der Waals surface area contributed by atoms with E-state index in [0.29, 0.717) is 17.2 Å². The predicted molar refractivity (Wildman–Crippen MR) is 118 cm³/mol. The minimum Gasteiger partial charge on any atom is -0.455 e. The molecule has 0 aliphatic rings. The van der Waals surface area contributed by atoms with Gasteiger partial charge in [-0.1, -0.05) is 29.8 Å². The maximum Gasteiger partial charge on any atom is 0.234 e. The van der Waals surface area contributed by atoms with Gasteiger partial charge in [0.2, 0.25) is 11.8 Å².